The van der Waals surface area contributed by atoms with Crippen LogP contribution in [0.15, 0.2) is 30.6 Å². The molecule has 0 saturated heterocycles. The van der Waals surface area contributed by atoms with Gasteiger partial charge < -0.3 is 0 Å². The average Bonchev–Trinajstić information content (AvgIpc) is 1.96. The van der Waals surface area contributed by atoms with Crippen molar-refractivity contribution in [3.05, 3.63) is 47.8 Å². The molecule has 0 heterocycles. The summed E-state index contributed by atoms with van der Waals surface area (Å²) in [6.07, 6.45) is -0.0722. The minimum atomic E-state index is -0.964. The van der Waals surface area contributed by atoms with Crippen molar-refractivity contribution in [1.29, 1.82) is 0 Å². The third kappa shape index (κ3) is 2.12. The van der Waals surface area contributed by atoms with E-state index in [2.05, 4.69) is 6.58 Å². The van der Waals surface area contributed by atoms with Crippen LogP contribution in [0, 0.1) is 11.6 Å². The highest BCUT2D eigenvalue weighted by atomic mass is 19.2. The number of rotatable bonds is 2. The lowest BCUT2D eigenvalue weighted by molar-refractivity contribution is 0.506. The molecule has 0 fully saturated rings. The summed E-state index contributed by atoms with van der Waals surface area (Å²) in [5.41, 5.74) is 0.376. The Morgan fingerprint density at radius 3 is 2.42 bits per heavy atom. The van der Waals surface area contributed by atoms with Crippen LogP contribution in [0.1, 0.15) is 5.56 Å². The maximum Gasteiger partial charge on any atom is 0.159 e. The predicted molar refractivity (Wildman–Crippen MR) is 40.3 cm³/mol. The Balaban J connectivity index is 2.89. The molecule has 1 rings (SSSR count). The second-order valence-electron chi connectivity index (χ2n) is 2.44. The zero-order chi connectivity index (χ0) is 9.14. The molecule has 0 atom stereocenters. The first-order valence-electron chi connectivity index (χ1n) is 3.37. The lowest BCUT2D eigenvalue weighted by Gasteiger charge is -1.98. The fourth-order valence-electron chi connectivity index (χ4n) is 0.871. The first-order chi connectivity index (χ1) is 5.59. The van der Waals surface area contributed by atoms with Crippen molar-refractivity contribution in [2.45, 2.75) is 6.42 Å². The first-order valence-corrected chi connectivity index (χ1v) is 3.37. The van der Waals surface area contributed by atoms with E-state index in [1.807, 2.05) is 0 Å². The van der Waals surface area contributed by atoms with Crippen LogP contribution < -0.4 is 0 Å². The van der Waals surface area contributed by atoms with Crippen LogP contribution >= 0.6 is 0 Å². The third-order valence-electron chi connectivity index (χ3n) is 1.38. The molecule has 3 heteroatoms. The van der Waals surface area contributed by atoms with Gasteiger partial charge in [-0.3, -0.25) is 0 Å². The first kappa shape index (κ1) is 8.84. The lowest BCUT2D eigenvalue weighted by atomic mass is 10.1. The highest BCUT2D eigenvalue weighted by Gasteiger charge is 2.02. The highest BCUT2D eigenvalue weighted by molar-refractivity contribution is 5.20. The maximum absolute atomic E-state index is 12.5. The molecule has 0 amide bonds. The van der Waals surface area contributed by atoms with E-state index in [4.69, 9.17) is 0 Å². The van der Waals surface area contributed by atoms with E-state index >= 15 is 0 Å². The standard InChI is InChI=1S/C9H7F3/c1-6(10)4-7-2-3-8(11)9(12)5-7/h2-3,5H,1,4H2. The van der Waals surface area contributed by atoms with Crippen LogP contribution in [0.2, 0.25) is 0 Å². The van der Waals surface area contributed by atoms with Gasteiger partial charge in [0.25, 0.3) is 0 Å². The second kappa shape index (κ2) is 3.43. The second-order valence-corrected chi connectivity index (χ2v) is 2.44. The summed E-state index contributed by atoms with van der Waals surface area (Å²) in [4.78, 5) is 0. The van der Waals surface area contributed by atoms with Crippen molar-refractivity contribution < 1.29 is 13.2 Å². The van der Waals surface area contributed by atoms with Gasteiger partial charge in [-0.25, -0.2) is 13.2 Å². The largest absolute Gasteiger partial charge is 0.212 e. The zero-order valence-corrected chi connectivity index (χ0v) is 6.28. The Labute approximate surface area is 68.3 Å². The van der Waals surface area contributed by atoms with Crippen LogP contribution in [0.4, 0.5) is 13.2 Å². The van der Waals surface area contributed by atoms with E-state index in [1.165, 1.54) is 6.07 Å². The number of halogens is 3. The van der Waals surface area contributed by atoms with Gasteiger partial charge >= 0.3 is 0 Å². The summed E-state index contributed by atoms with van der Waals surface area (Å²) in [5, 5.41) is 0. The van der Waals surface area contributed by atoms with Crippen LogP contribution in [0.25, 0.3) is 0 Å². The molecule has 0 nitrogen and oxygen atoms in total. The molecule has 64 valence electrons. The van der Waals surface area contributed by atoms with Gasteiger partial charge in [0.2, 0.25) is 0 Å². The number of hydrogen-bond acceptors (Lipinski definition) is 0. The Kier molecular flexibility index (Phi) is 2.53. The van der Waals surface area contributed by atoms with Crippen LogP contribution in [0.3, 0.4) is 0 Å². The van der Waals surface area contributed by atoms with Gasteiger partial charge in [0.05, 0.1) is 5.83 Å². The van der Waals surface area contributed by atoms with E-state index in [-0.39, 0.29) is 6.42 Å². The molecule has 0 aliphatic rings. The molecule has 0 spiro atoms. The molecule has 0 saturated carbocycles. The zero-order valence-electron chi connectivity index (χ0n) is 6.28. The van der Waals surface area contributed by atoms with Crippen molar-refractivity contribution in [2.24, 2.45) is 0 Å². The highest BCUT2D eigenvalue weighted by Crippen LogP contribution is 2.12. The minimum Gasteiger partial charge on any atom is -0.212 e. The SMILES string of the molecule is C=C(F)Cc1ccc(F)c(F)c1. The average molecular weight is 172 g/mol. The molecule has 0 aliphatic carbocycles. The van der Waals surface area contributed by atoms with Crippen LogP contribution in [-0.2, 0) is 6.42 Å². The van der Waals surface area contributed by atoms with E-state index in [0.29, 0.717) is 5.56 Å². The van der Waals surface area contributed by atoms with E-state index < -0.39 is 17.5 Å². The monoisotopic (exact) mass is 172 g/mol. The third-order valence-corrected chi connectivity index (χ3v) is 1.38. The maximum atomic E-state index is 12.5. The molecular weight excluding hydrogens is 165 g/mol. The molecule has 0 unspecified atom stereocenters. The Morgan fingerprint density at radius 2 is 1.92 bits per heavy atom. The minimum absolute atomic E-state index is 0.0722. The summed E-state index contributed by atoms with van der Waals surface area (Å²) >= 11 is 0. The van der Waals surface area contributed by atoms with Gasteiger partial charge in [0, 0.05) is 6.42 Å². The van der Waals surface area contributed by atoms with Crippen molar-refractivity contribution in [2.75, 3.05) is 0 Å². The molecule has 12 heavy (non-hydrogen) atoms. The summed E-state index contributed by atoms with van der Waals surface area (Å²) in [6.45, 7) is 3.02. The molecular formula is C9H7F3. The molecule has 0 N–H and O–H groups in total. The fourth-order valence-corrected chi connectivity index (χ4v) is 0.871. The van der Waals surface area contributed by atoms with E-state index in [0.717, 1.165) is 12.1 Å². The van der Waals surface area contributed by atoms with Crippen molar-refractivity contribution in [3.63, 3.8) is 0 Å². The predicted octanol–water partition coefficient (Wildman–Crippen LogP) is 2.99. The summed E-state index contributed by atoms with van der Waals surface area (Å²) < 4.78 is 37.1. The van der Waals surface area contributed by atoms with Crippen LogP contribution in [0.5, 0.6) is 0 Å². The summed E-state index contributed by atoms with van der Waals surface area (Å²) in [6, 6.07) is 3.25. The number of benzene rings is 1. The van der Waals surface area contributed by atoms with Crippen molar-refractivity contribution in [1.82, 2.24) is 0 Å². The van der Waals surface area contributed by atoms with Gasteiger partial charge in [-0.15, -0.1) is 0 Å². The Bertz CT molecular complexity index is 305. The lowest BCUT2D eigenvalue weighted by Crippen LogP contribution is -1.89. The molecule has 1 aromatic rings. The Morgan fingerprint density at radius 1 is 1.25 bits per heavy atom. The molecule has 0 aromatic heterocycles. The summed E-state index contributed by atoms with van der Waals surface area (Å²) in [7, 11) is 0. The van der Waals surface area contributed by atoms with E-state index in [9.17, 15) is 13.2 Å². The number of allylic oxidation sites excluding steroid dienone is 1. The topological polar surface area (TPSA) is 0 Å². The number of hydrogen-bond donors (Lipinski definition) is 0. The van der Waals surface area contributed by atoms with Gasteiger partial charge in [-0.05, 0) is 17.7 Å². The molecule has 0 aliphatic heterocycles. The van der Waals surface area contributed by atoms with Crippen molar-refractivity contribution >= 4 is 0 Å². The molecule has 0 bridgehead atoms. The van der Waals surface area contributed by atoms with E-state index in [1.54, 1.807) is 0 Å². The van der Waals surface area contributed by atoms with Crippen LogP contribution in [-0.4, -0.2) is 0 Å². The quantitative estimate of drug-likeness (QED) is 0.643. The van der Waals surface area contributed by atoms with Gasteiger partial charge in [0.15, 0.2) is 11.6 Å². The molecule has 1 aromatic carbocycles. The van der Waals surface area contributed by atoms with Gasteiger partial charge in [-0.2, -0.15) is 0 Å². The summed E-state index contributed by atoms with van der Waals surface area (Å²) in [5.74, 6) is -2.46. The van der Waals surface area contributed by atoms with Gasteiger partial charge in [-0.1, -0.05) is 12.6 Å². The van der Waals surface area contributed by atoms with Crippen molar-refractivity contribution in [3.8, 4) is 0 Å². The Hall–Kier alpha value is -1.25. The smallest absolute Gasteiger partial charge is 0.159 e. The van der Waals surface area contributed by atoms with Gasteiger partial charge in [0.1, 0.15) is 0 Å². The fraction of sp³-hybridized carbons (Fsp3) is 0.111. The normalized spacial score (nSPS) is 9.92. The molecule has 0 radical (unpaired) electrons.